The van der Waals surface area contributed by atoms with Crippen LogP contribution in [0.2, 0.25) is 5.02 Å². The highest BCUT2D eigenvalue weighted by molar-refractivity contribution is 7.90. The number of amides is 1. The van der Waals surface area contributed by atoms with Gasteiger partial charge < -0.3 is 4.90 Å². The van der Waals surface area contributed by atoms with Crippen LogP contribution in [0.5, 0.6) is 0 Å². The fraction of sp³-hybridized carbons (Fsp3) is 0.278. The van der Waals surface area contributed by atoms with E-state index in [0.29, 0.717) is 12.1 Å². The van der Waals surface area contributed by atoms with E-state index in [1.807, 2.05) is 35.2 Å². The summed E-state index contributed by atoms with van der Waals surface area (Å²) >= 11 is 5.97. The zero-order valence-corrected chi connectivity index (χ0v) is 14.8. The Morgan fingerprint density at radius 1 is 1.17 bits per heavy atom. The first-order valence-corrected chi connectivity index (χ1v) is 10.0. The van der Waals surface area contributed by atoms with Gasteiger partial charge in [-0.2, -0.15) is 0 Å². The molecule has 0 N–H and O–H groups in total. The highest BCUT2D eigenvalue weighted by atomic mass is 35.5. The molecule has 1 heterocycles. The fourth-order valence-corrected chi connectivity index (χ4v) is 4.42. The van der Waals surface area contributed by atoms with E-state index >= 15 is 0 Å². The van der Waals surface area contributed by atoms with E-state index in [9.17, 15) is 13.2 Å². The van der Waals surface area contributed by atoms with E-state index in [0.717, 1.165) is 24.7 Å². The molecule has 3 rings (SSSR count). The van der Waals surface area contributed by atoms with Gasteiger partial charge in [0.1, 0.15) is 0 Å². The Bertz CT molecular complexity index is 865. The average molecular weight is 364 g/mol. The fourth-order valence-electron chi connectivity index (χ4n) is 3.12. The lowest BCUT2D eigenvalue weighted by atomic mass is 10.0. The highest BCUT2D eigenvalue weighted by Crippen LogP contribution is 2.33. The van der Waals surface area contributed by atoms with Gasteiger partial charge in [-0.3, -0.25) is 4.79 Å². The second-order valence-electron chi connectivity index (χ2n) is 5.98. The molecule has 0 saturated carbocycles. The van der Waals surface area contributed by atoms with Crippen LogP contribution in [0, 0.1) is 0 Å². The Labute approximate surface area is 147 Å². The minimum atomic E-state index is -3.48. The molecule has 0 aromatic heterocycles. The number of halogens is 1. The highest BCUT2D eigenvalue weighted by Gasteiger charge is 2.31. The first-order valence-electron chi connectivity index (χ1n) is 7.73. The molecule has 1 aliphatic heterocycles. The number of hydrogen-bond acceptors (Lipinski definition) is 3. The molecule has 1 aliphatic rings. The van der Waals surface area contributed by atoms with Crippen molar-refractivity contribution in [2.45, 2.75) is 23.8 Å². The Kier molecular flexibility index (Phi) is 4.65. The third-order valence-electron chi connectivity index (χ3n) is 4.28. The largest absolute Gasteiger partial charge is 0.332 e. The smallest absolute Gasteiger partial charge is 0.254 e. The molecular formula is C18H18ClNO3S. The molecule has 2 aromatic rings. The lowest BCUT2D eigenvalue weighted by Gasteiger charge is -2.25. The van der Waals surface area contributed by atoms with E-state index in [1.54, 1.807) is 6.07 Å². The number of carbonyl (C=O) groups is 1. The van der Waals surface area contributed by atoms with Crippen molar-refractivity contribution >= 4 is 27.3 Å². The van der Waals surface area contributed by atoms with Crippen LogP contribution in [-0.2, 0) is 9.84 Å². The van der Waals surface area contributed by atoms with Crippen LogP contribution in [0.25, 0.3) is 0 Å². The second kappa shape index (κ2) is 6.57. The topological polar surface area (TPSA) is 54.5 Å². The minimum Gasteiger partial charge on any atom is -0.332 e. The van der Waals surface area contributed by atoms with Gasteiger partial charge in [0.2, 0.25) is 0 Å². The molecule has 126 valence electrons. The van der Waals surface area contributed by atoms with Crippen molar-refractivity contribution in [3.63, 3.8) is 0 Å². The summed E-state index contributed by atoms with van der Waals surface area (Å²) in [5, 5.41) is 0.134. The van der Waals surface area contributed by atoms with Gasteiger partial charge in [0, 0.05) is 18.4 Å². The molecule has 2 aromatic carbocycles. The van der Waals surface area contributed by atoms with E-state index in [1.165, 1.54) is 12.1 Å². The number of nitrogens with zero attached hydrogens (tertiary/aromatic N) is 1. The molecule has 1 fully saturated rings. The van der Waals surface area contributed by atoms with Crippen molar-refractivity contribution in [3.05, 3.63) is 64.7 Å². The first kappa shape index (κ1) is 17.0. The number of sulfone groups is 1. The Morgan fingerprint density at radius 2 is 1.88 bits per heavy atom. The monoisotopic (exact) mass is 363 g/mol. The number of likely N-dealkylation sites (tertiary alicyclic amines) is 1. The van der Waals surface area contributed by atoms with Crippen molar-refractivity contribution in [1.29, 1.82) is 0 Å². The van der Waals surface area contributed by atoms with Gasteiger partial charge in [-0.15, -0.1) is 0 Å². The van der Waals surface area contributed by atoms with Crippen molar-refractivity contribution in [2.75, 3.05) is 12.8 Å². The molecule has 24 heavy (non-hydrogen) atoms. The van der Waals surface area contributed by atoms with Crippen molar-refractivity contribution in [3.8, 4) is 0 Å². The van der Waals surface area contributed by atoms with Gasteiger partial charge in [0.05, 0.1) is 16.0 Å². The predicted octanol–water partition coefficient (Wildman–Crippen LogP) is 3.72. The maximum absolute atomic E-state index is 12.9. The standard InChI is InChI=1S/C18H18ClNO3S/c1-24(22,23)17-12-14(9-10-15(17)19)18(21)20-11-5-8-16(20)13-6-3-2-4-7-13/h2-4,6-7,9-10,12,16H,5,8,11H2,1H3/t16-/m1/s1. The van der Waals surface area contributed by atoms with Crippen molar-refractivity contribution in [2.24, 2.45) is 0 Å². The van der Waals surface area contributed by atoms with Crippen LogP contribution in [-0.4, -0.2) is 32.0 Å². The van der Waals surface area contributed by atoms with Gasteiger partial charge in [0.15, 0.2) is 9.84 Å². The van der Waals surface area contributed by atoms with Crippen LogP contribution in [0.1, 0.15) is 34.8 Å². The van der Waals surface area contributed by atoms with Gasteiger partial charge >= 0.3 is 0 Å². The third kappa shape index (κ3) is 3.32. The molecule has 1 amide bonds. The van der Waals surface area contributed by atoms with E-state index < -0.39 is 9.84 Å². The molecule has 6 heteroatoms. The average Bonchev–Trinajstić information content (AvgIpc) is 3.04. The summed E-state index contributed by atoms with van der Waals surface area (Å²) in [6, 6.07) is 14.3. The van der Waals surface area contributed by atoms with Gasteiger partial charge in [-0.25, -0.2) is 8.42 Å². The summed E-state index contributed by atoms with van der Waals surface area (Å²) in [5.74, 6) is -0.164. The maximum atomic E-state index is 12.9. The molecule has 0 bridgehead atoms. The van der Waals surface area contributed by atoms with Crippen LogP contribution in [0.15, 0.2) is 53.4 Å². The van der Waals surface area contributed by atoms with Crippen LogP contribution >= 0.6 is 11.6 Å². The Morgan fingerprint density at radius 3 is 2.54 bits per heavy atom. The summed E-state index contributed by atoms with van der Waals surface area (Å²) in [6.07, 6.45) is 2.92. The first-order chi connectivity index (χ1) is 11.4. The molecule has 4 nitrogen and oxygen atoms in total. The van der Waals surface area contributed by atoms with Gasteiger partial charge in [0.25, 0.3) is 5.91 Å². The zero-order valence-electron chi connectivity index (χ0n) is 13.3. The quantitative estimate of drug-likeness (QED) is 0.835. The lowest BCUT2D eigenvalue weighted by Crippen LogP contribution is -2.30. The summed E-state index contributed by atoms with van der Waals surface area (Å²) in [5.41, 5.74) is 1.45. The normalized spacial score (nSPS) is 17.9. The molecule has 1 saturated heterocycles. The number of rotatable bonds is 3. The summed E-state index contributed by atoms with van der Waals surface area (Å²) in [4.78, 5) is 14.7. The number of hydrogen-bond donors (Lipinski definition) is 0. The molecule has 0 aliphatic carbocycles. The van der Waals surface area contributed by atoms with E-state index in [2.05, 4.69) is 0 Å². The van der Waals surface area contributed by atoms with Crippen LogP contribution < -0.4 is 0 Å². The summed E-state index contributed by atoms with van der Waals surface area (Å²) in [6.45, 7) is 0.662. The summed E-state index contributed by atoms with van der Waals surface area (Å²) < 4.78 is 23.7. The maximum Gasteiger partial charge on any atom is 0.254 e. The second-order valence-corrected chi connectivity index (χ2v) is 8.38. The molecule has 0 radical (unpaired) electrons. The van der Waals surface area contributed by atoms with Gasteiger partial charge in [-0.05, 0) is 36.6 Å². The zero-order chi connectivity index (χ0) is 17.3. The Balaban J connectivity index is 1.94. The van der Waals surface area contributed by atoms with Gasteiger partial charge in [-0.1, -0.05) is 41.9 Å². The third-order valence-corrected chi connectivity index (χ3v) is 5.85. The van der Waals surface area contributed by atoms with Crippen LogP contribution in [0.3, 0.4) is 0 Å². The molecule has 0 spiro atoms. The van der Waals surface area contributed by atoms with E-state index in [-0.39, 0.29) is 21.9 Å². The minimum absolute atomic E-state index is 0.00882. The number of carbonyl (C=O) groups excluding carboxylic acids is 1. The predicted molar refractivity (Wildman–Crippen MR) is 94.0 cm³/mol. The summed E-state index contributed by atoms with van der Waals surface area (Å²) in [7, 11) is -3.48. The van der Waals surface area contributed by atoms with Crippen molar-refractivity contribution in [1.82, 2.24) is 4.90 Å². The van der Waals surface area contributed by atoms with Crippen molar-refractivity contribution < 1.29 is 13.2 Å². The van der Waals surface area contributed by atoms with E-state index in [4.69, 9.17) is 11.6 Å². The lowest BCUT2D eigenvalue weighted by molar-refractivity contribution is 0.0735. The molecule has 1 atom stereocenters. The van der Waals surface area contributed by atoms with Crippen LogP contribution in [0.4, 0.5) is 0 Å². The Hall–Kier alpha value is -1.85. The number of benzene rings is 2. The molecular weight excluding hydrogens is 346 g/mol. The SMILES string of the molecule is CS(=O)(=O)c1cc(C(=O)N2CCC[C@@H]2c2ccccc2)ccc1Cl. The molecule has 0 unspecified atom stereocenters.